The molecule has 0 aliphatic rings. The van der Waals surface area contributed by atoms with Gasteiger partial charge in [0.05, 0.1) is 11.8 Å². The molecule has 0 aliphatic carbocycles. The third kappa shape index (κ3) is 7.60. The van der Waals surface area contributed by atoms with Crippen LogP contribution >= 0.6 is 0 Å². The SMILES string of the molecule is Cc1ccc(C(=O)N/N=C/c2ccccc2OC(=O)/C=C/c2ccccc2OC(=O)c2ccc(C)cc2)cc1. The van der Waals surface area contributed by atoms with Gasteiger partial charge in [0.15, 0.2) is 0 Å². The van der Waals surface area contributed by atoms with Crippen molar-refractivity contribution in [1.82, 2.24) is 5.43 Å². The smallest absolute Gasteiger partial charge is 0.343 e. The molecule has 39 heavy (non-hydrogen) atoms. The minimum atomic E-state index is -0.640. The first-order chi connectivity index (χ1) is 18.9. The van der Waals surface area contributed by atoms with Crippen molar-refractivity contribution >= 4 is 30.1 Å². The van der Waals surface area contributed by atoms with Gasteiger partial charge in [-0.2, -0.15) is 5.10 Å². The maximum absolute atomic E-state index is 12.6. The van der Waals surface area contributed by atoms with Crippen LogP contribution in [0.15, 0.2) is 108 Å². The van der Waals surface area contributed by atoms with Crippen LogP contribution in [0.2, 0.25) is 0 Å². The average molecular weight is 519 g/mol. The van der Waals surface area contributed by atoms with Crippen LogP contribution in [0.1, 0.15) is 43.0 Å². The van der Waals surface area contributed by atoms with Crippen molar-refractivity contribution in [3.63, 3.8) is 0 Å². The number of hydrogen-bond acceptors (Lipinski definition) is 6. The summed E-state index contributed by atoms with van der Waals surface area (Å²) in [7, 11) is 0. The number of hydrazone groups is 1. The van der Waals surface area contributed by atoms with E-state index >= 15 is 0 Å². The Morgan fingerprint density at radius 2 is 1.21 bits per heavy atom. The Hall–Kier alpha value is -5.30. The molecule has 1 N–H and O–H groups in total. The van der Waals surface area contributed by atoms with Crippen molar-refractivity contribution in [3.8, 4) is 11.5 Å². The maximum Gasteiger partial charge on any atom is 0.343 e. The van der Waals surface area contributed by atoms with Crippen molar-refractivity contribution in [2.24, 2.45) is 5.10 Å². The molecule has 4 rings (SSSR count). The number of amides is 1. The Bertz CT molecular complexity index is 1540. The zero-order valence-electron chi connectivity index (χ0n) is 21.5. The van der Waals surface area contributed by atoms with E-state index in [9.17, 15) is 14.4 Å². The van der Waals surface area contributed by atoms with Crippen LogP contribution in [0.5, 0.6) is 11.5 Å². The molecule has 0 atom stereocenters. The molecule has 0 spiro atoms. The molecule has 4 aromatic carbocycles. The molecule has 7 heteroatoms. The van der Waals surface area contributed by atoms with Crippen LogP contribution in [0, 0.1) is 13.8 Å². The van der Waals surface area contributed by atoms with E-state index in [1.54, 1.807) is 72.8 Å². The van der Waals surface area contributed by atoms with E-state index in [1.807, 2.05) is 38.1 Å². The molecule has 0 radical (unpaired) electrons. The Morgan fingerprint density at radius 1 is 0.667 bits per heavy atom. The summed E-state index contributed by atoms with van der Waals surface area (Å²) < 4.78 is 11.0. The predicted octanol–water partition coefficient (Wildman–Crippen LogP) is 5.91. The molecule has 0 unspecified atom stereocenters. The highest BCUT2D eigenvalue weighted by molar-refractivity contribution is 5.96. The lowest BCUT2D eigenvalue weighted by Gasteiger charge is -2.08. The molecule has 1 amide bonds. The molecule has 194 valence electrons. The third-order valence-corrected chi connectivity index (χ3v) is 5.62. The maximum atomic E-state index is 12.6. The number of benzene rings is 4. The predicted molar refractivity (Wildman–Crippen MR) is 150 cm³/mol. The fourth-order valence-electron chi connectivity index (χ4n) is 3.47. The standard InChI is InChI=1S/C32H26N2O5/c1-22-11-15-25(16-12-22)31(36)34-33-21-27-8-4-6-10-29(27)38-30(35)20-19-24-7-3-5-9-28(24)39-32(37)26-17-13-23(2)14-18-26/h3-21H,1-2H3,(H,34,36)/b20-19+,33-21+. The fourth-order valence-corrected chi connectivity index (χ4v) is 3.47. The lowest BCUT2D eigenvalue weighted by Crippen LogP contribution is -2.17. The number of carbonyl (C=O) groups excluding carboxylic acids is 3. The van der Waals surface area contributed by atoms with E-state index in [2.05, 4.69) is 10.5 Å². The second-order valence-electron chi connectivity index (χ2n) is 8.65. The molecule has 7 nitrogen and oxygen atoms in total. The molecule has 0 heterocycles. The monoisotopic (exact) mass is 518 g/mol. The van der Waals surface area contributed by atoms with Gasteiger partial charge in [-0.3, -0.25) is 4.79 Å². The van der Waals surface area contributed by atoms with Gasteiger partial charge < -0.3 is 9.47 Å². The first-order valence-corrected chi connectivity index (χ1v) is 12.2. The number of aryl methyl sites for hydroxylation is 2. The van der Waals surface area contributed by atoms with E-state index in [1.165, 1.54) is 18.4 Å². The van der Waals surface area contributed by atoms with Gasteiger partial charge in [-0.05, 0) is 62.4 Å². The van der Waals surface area contributed by atoms with Crippen molar-refractivity contribution in [1.29, 1.82) is 0 Å². The lowest BCUT2D eigenvalue weighted by molar-refractivity contribution is -0.128. The van der Waals surface area contributed by atoms with Crippen molar-refractivity contribution < 1.29 is 23.9 Å². The zero-order valence-corrected chi connectivity index (χ0v) is 21.5. The number of rotatable bonds is 8. The highest BCUT2D eigenvalue weighted by Gasteiger charge is 2.11. The normalized spacial score (nSPS) is 10.9. The largest absolute Gasteiger partial charge is 0.423 e. The molecular formula is C32H26N2O5. The van der Waals surface area contributed by atoms with E-state index in [0.29, 0.717) is 28.0 Å². The molecule has 0 aromatic heterocycles. The highest BCUT2D eigenvalue weighted by atomic mass is 16.5. The van der Waals surface area contributed by atoms with Gasteiger partial charge in [0.25, 0.3) is 5.91 Å². The van der Waals surface area contributed by atoms with Crippen molar-refractivity contribution in [3.05, 3.63) is 137 Å². The molecule has 0 saturated heterocycles. The zero-order chi connectivity index (χ0) is 27.6. The fraction of sp³-hybridized carbons (Fsp3) is 0.0625. The van der Waals surface area contributed by atoms with Crippen LogP contribution in [0.4, 0.5) is 0 Å². The number of nitrogens with zero attached hydrogens (tertiary/aromatic N) is 1. The molecule has 0 bridgehead atoms. The van der Waals surface area contributed by atoms with Gasteiger partial charge in [0.2, 0.25) is 0 Å². The van der Waals surface area contributed by atoms with E-state index in [4.69, 9.17) is 9.47 Å². The molecule has 0 saturated carbocycles. The van der Waals surface area contributed by atoms with Crippen molar-refractivity contribution in [2.45, 2.75) is 13.8 Å². The number of ether oxygens (including phenoxy) is 2. The summed E-state index contributed by atoms with van der Waals surface area (Å²) >= 11 is 0. The van der Waals surface area contributed by atoms with E-state index < -0.39 is 11.9 Å². The number of esters is 2. The molecule has 0 aliphatic heterocycles. The minimum Gasteiger partial charge on any atom is -0.423 e. The van der Waals surface area contributed by atoms with E-state index in [0.717, 1.165) is 11.1 Å². The summed E-state index contributed by atoms with van der Waals surface area (Å²) in [5, 5.41) is 3.99. The summed E-state index contributed by atoms with van der Waals surface area (Å²) in [5.41, 5.74) is 6.48. The average Bonchev–Trinajstić information content (AvgIpc) is 2.94. The Morgan fingerprint density at radius 3 is 1.85 bits per heavy atom. The van der Waals surface area contributed by atoms with Crippen LogP contribution in [-0.4, -0.2) is 24.1 Å². The van der Waals surface area contributed by atoms with Crippen LogP contribution in [0.3, 0.4) is 0 Å². The summed E-state index contributed by atoms with van der Waals surface area (Å²) in [4.78, 5) is 37.4. The summed E-state index contributed by atoms with van der Waals surface area (Å²) in [6, 6.07) is 27.8. The Labute approximate surface area is 226 Å². The highest BCUT2D eigenvalue weighted by Crippen LogP contribution is 2.22. The minimum absolute atomic E-state index is 0.263. The molecule has 0 fully saturated rings. The second-order valence-corrected chi connectivity index (χ2v) is 8.65. The van der Waals surface area contributed by atoms with Gasteiger partial charge in [-0.1, -0.05) is 65.7 Å². The molecular weight excluding hydrogens is 492 g/mol. The van der Waals surface area contributed by atoms with E-state index in [-0.39, 0.29) is 11.7 Å². The van der Waals surface area contributed by atoms with Gasteiger partial charge in [0.1, 0.15) is 11.5 Å². The quantitative estimate of drug-likeness (QED) is 0.103. The van der Waals surface area contributed by atoms with Gasteiger partial charge in [-0.15, -0.1) is 0 Å². The van der Waals surface area contributed by atoms with Gasteiger partial charge in [0, 0.05) is 22.8 Å². The topological polar surface area (TPSA) is 94.1 Å². The number of hydrogen-bond donors (Lipinski definition) is 1. The summed E-state index contributed by atoms with van der Waals surface area (Å²) in [6.45, 7) is 3.87. The number of para-hydroxylation sites is 2. The van der Waals surface area contributed by atoms with Crippen molar-refractivity contribution in [2.75, 3.05) is 0 Å². The number of carbonyl (C=O) groups is 3. The summed E-state index contributed by atoms with van der Waals surface area (Å²) in [5.74, 6) is -0.922. The molecule has 4 aromatic rings. The van der Waals surface area contributed by atoms with Crippen LogP contribution in [0.25, 0.3) is 6.08 Å². The first kappa shape index (κ1) is 26.8. The second kappa shape index (κ2) is 12.8. The van der Waals surface area contributed by atoms with Gasteiger partial charge in [-0.25, -0.2) is 15.0 Å². The van der Waals surface area contributed by atoms with Gasteiger partial charge >= 0.3 is 11.9 Å². The number of nitrogens with one attached hydrogen (secondary N) is 1. The Kier molecular flexibility index (Phi) is 8.77. The first-order valence-electron chi connectivity index (χ1n) is 12.2. The van der Waals surface area contributed by atoms with Crippen LogP contribution < -0.4 is 14.9 Å². The lowest BCUT2D eigenvalue weighted by atomic mass is 10.1. The van der Waals surface area contributed by atoms with Crippen LogP contribution in [-0.2, 0) is 4.79 Å². The summed E-state index contributed by atoms with van der Waals surface area (Å²) in [6.07, 6.45) is 4.16. The third-order valence-electron chi connectivity index (χ3n) is 5.62. The Balaban J connectivity index is 1.40.